The second-order valence-electron chi connectivity index (χ2n) is 4.63. The summed E-state index contributed by atoms with van der Waals surface area (Å²) in [6.45, 7) is 5.05. The Morgan fingerprint density at radius 2 is 2.36 bits per heavy atom. The highest BCUT2D eigenvalue weighted by molar-refractivity contribution is 5.46. The van der Waals surface area contributed by atoms with Gasteiger partial charge in [-0.3, -0.25) is 4.98 Å². The molecule has 1 unspecified atom stereocenters. The number of pyridine rings is 1. The van der Waals surface area contributed by atoms with Gasteiger partial charge in [0.15, 0.2) is 0 Å². The maximum atomic E-state index is 5.53. The number of aromatic nitrogens is 1. The average molecular weight is 191 g/mol. The molecule has 14 heavy (non-hydrogen) atoms. The largest absolute Gasteiger partial charge is 0.382 e. The number of hydrogen-bond acceptors (Lipinski definition) is 3. The molecule has 3 N–H and O–H groups in total. The molecule has 0 amide bonds. The molecule has 3 heteroatoms. The van der Waals surface area contributed by atoms with Crippen LogP contribution in [0, 0.1) is 5.41 Å². The minimum atomic E-state index is 0.451. The Morgan fingerprint density at radius 3 is 2.93 bits per heavy atom. The van der Waals surface area contributed by atoms with Crippen LogP contribution in [0.15, 0.2) is 18.3 Å². The summed E-state index contributed by atoms with van der Waals surface area (Å²) in [5.41, 5.74) is 8.05. The molecule has 0 bridgehead atoms. The van der Waals surface area contributed by atoms with E-state index in [2.05, 4.69) is 24.1 Å². The Bertz CT molecular complexity index is 333. The summed E-state index contributed by atoms with van der Waals surface area (Å²) < 4.78 is 0. The molecular weight excluding hydrogens is 174 g/mol. The molecule has 1 aromatic rings. The maximum absolute atomic E-state index is 5.53. The molecule has 76 valence electrons. The molecule has 1 aliphatic rings. The lowest BCUT2D eigenvalue weighted by Gasteiger charge is -2.08. The maximum Gasteiger partial charge on any atom is 0.0559 e. The lowest BCUT2D eigenvalue weighted by molar-refractivity contribution is 0.630. The topological polar surface area (TPSA) is 50.9 Å². The normalized spacial score (nSPS) is 23.2. The minimum Gasteiger partial charge on any atom is -0.382 e. The van der Waals surface area contributed by atoms with Crippen LogP contribution in [0.2, 0.25) is 0 Å². The van der Waals surface area contributed by atoms with Crippen molar-refractivity contribution in [2.24, 2.45) is 11.1 Å². The molecule has 0 radical (unpaired) electrons. The Balaban J connectivity index is 2.03. The van der Waals surface area contributed by atoms with Gasteiger partial charge in [-0.15, -0.1) is 0 Å². The van der Waals surface area contributed by atoms with Crippen LogP contribution in [-0.4, -0.2) is 11.0 Å². The van der Waals surface area contributed by atoms with Crippen LogP contribution < -0.4 is 11.1 Å². The molecule has 1 aliphatic carbocycles. The number of nitrogens with zero attached hydrogens (tertiary/aromatic N) is 1. The highest BCUT2D eigenvalue weighted by Crippen LogP contribution is 2.46. The van der Waals surface area contributed by atoms with Crippen molar-refractivity contribution in [3.05, 3.63) is 24.0 Å². The van der Waals surface area contributed by atoms with Gasteiger partial charge in [-0.05, 0) is 24.0 Å². The molecule has 1 fully saturated rings. The fourth-order valence-electron chi connectivity index (χ4n) is 1.59. The van der Waals surface area contributed by atoms with Crippen molar-refractivity contribution in [1.29, 1.82) is 0 Å². The molecule has 2 rings (SSSR count). The fourth-order valence-corrected chi connectivity index (χ4v) is 1.59. The van der Waals surface area contributed by atoms with Crippen molar-refractivity contribution in [3.8, 4) is 0 Å². The lowest BCUT2D eigenvalue weighted by Crippen LogP contribution is -2.09. The quantitative estimate of drug-likeness (QED) is 0.765. The van der Waals surface area contributed by atoms with Crippen molar-refractivity contribution >= 4 is 5.69 Å². The SMILES string of the molecule is CC1(C)CC1Nc1ccnc(CN)c1. The van der Waals surface area contributed by atoms with E-state index < -0.39 is 0 Å². The third-order valence-electron chi connectivity index (χ3n) is 2.88. The molecule has 3 nitrogen and oxygen atoms in total. The minimum absolute atomic E-state index is 0.451. The zero-order chi connectivity index (χ0) is 10.2. The molecule has 0 aromatic carbocycles. The van der Waals surface area contributed by atoms with Crippen molar-refractivity contribution in [2.75, 3.05) is 5.32 Å². The fraction of sp³-hybridized carbons (Fsp3) is 0.545. The summed E-state index contributed by atoms with van der Waals surface area (Å²) in [4.78, 5) is 4.16. The molecule has 0 saturated heterocycles. The zero-order valence-corrected chi connectivity index (χ0v) is 8.75. The predicted octanol–water partition coefficient (Wildman–Crippen LogP) is 1.75. The monoisotopic (exact) mass is 191 g/mol. The summed E-state index contributed by atoms with van der Waals surface area (Å²) in [5, 5.41) is 3.49. The van der Waals surface area contributed by atoms with Gasteiger partial charge in [0.05, 0.1) is 5.69 Å². The summed E-state index contributed by atoms with van der Waals surface area (Å²) in [6, 6.07) is 4.62. The van der Waals surface area contributed by atoms with Crippen molar-refractivity contribution < 1.29 is 0 Å². The first-order chi connectivity index (χ1) is 6.62. The number of anilines is 1. The number of rotatable bonds is 3. The van der Waals surface area contributed by atoms with Gasteiger partial charge in [-0.2, -0.15) is 0 Å². The van der Waals surface area contributed by atoms with Crippen molar-refractivity contribution in [3.63, 3.8) is 0 Å². The lowest BCUT2D eigenvalue weighted by atomic mass is 10.2. The van der Waals surface area contributed by atoms with Gasteiger partial charge in [0.2, 0.25) is 0 Å². The van der Waals surface area contributed by atoms with Crippen LogP contribution in [0.5, 0.6) is 0 Å². The Kier molecular flexibility index (Phi) is 2.19. The van der Waals surface area contributed by atoms with E-state index in [-0.39, 0.29) is 0 Å². The highest BCUT2D eigenvalue weighted by atomic mass is 15.0. The van der Waals surface area contributed by atoms with E-state index in [0.717, 1.165) is 11.4 Å². The van der Waals surface area contributed by atoms with E-state index in [4.69, 9.17) is 5.73 Å². The van der Waals surface area contributed by atoms with E-state index in [1.165, 1.54) is 6.42 Å². The third kappa shape index (κ3) is 1.87. The summed E-state index contributed by atoms with van der Waals surface area (Å²) in [5.74, 6) is 0. The second-order valence-corrected chi connectivity index (χ2v) is 4.63. The molecular formula is C11H17N3. The smallest absolute Gasteiger partial charge is 0.0559 e. The number of nitrogens with one attached hydrogen (secondary N) is 1. The molecule has 1 saturated carbocycles. The van der Waals surface area contributed by atoms with Crippen molar-refractivity contribution in [2.45, 2.75) is 32.9 Å². The first-order valence-electron chi connectivity index (χ1n) is 5.03. The summed E-state index contributed by atoms with van der Waals surface area (Å²) in [6.07, 6.45) is 3.05. The molecule has 1 atom stereocenters. The van der Waals surface area contributed by atoms with Crippen LogP contribution in [0.3, 0.4) is 0 Å². The van der Waals surface area contributed by atoms with E-state index in [9.17, 15) is 0 Å². The standard InChI is InChI=1S/C11H17N3/c1-11(2)6-10(11)14-8-3-4-13-9(5-8)7-12/h3-5,10H,6-7,12H2,1-2H3,(H,13,14). The zero-order valence-electron chi connectivity index (χ0n) is 8.75. The molecule has 1 aromatic heterocycles. The van der Waals surface area contributed by atoms with Crippen LogP contribution in [0.1, 0.15) is 26.0 Å². The molecule has 0 aliphatic heterocycles. The van der Waals surface area contributed by atoms with E-state index in [1.54, 1.807) is 6.20 Å². The van der Waals surface area contributed by atoms with Crippen LogP contribution >= 0.6 is 0 Å². The van der Waals surface area contributed by atoms with Gasteiger partial charge >= 0.3 is 0 Å². The highest BCUT2D eigenvalue weighted by Gasteiger charge is 2.45. The van der Waals surface area contributed by atoms with E-state index >= 15 is 0 Å². The van der Waals surface area contributed by atoms with Crippen molar-refractivity contribution in [1.82, 2.24) is 4.98 Å². The van der Waals surface area contributed by atoms with Crippen LogP contribution in [0.4, 0.5) is 5.69 Å². The molecule has 0 spiro atoms. The van der Waals surface area contributed by atoms with Gasteiger partial charge in [-0.1, -0.05) is 13.8 Å². The Morgan fingerprint density at radius 1 is 1.64 bits per heavy atom. The van der Waals surface area contributed by atoms with Gasteiger partial charge in [0, 0.05) is 24.5 Å². The average Bonchev–Trinajstić information content (AvgIpc) is 2.74. The predicted molar refractivity (Wildman–Crippen MR) is 57.9 cm³/mol. The van der Waals surface area contributed by atoms with Crippen LogP contribution in [-0.2, 0) is 6.54 Å². The van der Waals surface area contributed by atoms with Gasteiger partial charge < -0.3 is 11.1 Å². The first kappa shape index (κ1) is 9.46. The Labute approximate surface area is 84.7 Å². The van der Waals surface area contributed by atoms with E-state index in [1.807, 2.05) is 12.1 Å². The van der Waals surface area contributed by atoms with Gasteiger partial charge in [0.25, 0.3) is 0 Å². The Hall–Kier alpha value is -1.09. The first-order valence-corrected chi connectivity index (χ1v) is 5.03. The second kappa shape index (κ2) is 3.24. The third-order valence-corrected chi connectivity index (χ3v) is 2.88. The number of hydrogen-bond donors (Lipinski definition) is 2. The summed E-state index contributed by atoms with van der Waals surface area (Å²) >= 11 is 0. The van der Waals surface area contributed by atoms with Crippen LogP contribution in [0.25, 0.3) is 0 Å². The molecule has 1 heterocycles. The summed E-state index contributed by atoms with van der Waals surface area (Å²) in [7, 11) is 0. The van der Waals surface area contributed by atoms with E-state index in [0.29, 0.717) is 18.0 Å². The van der Waals surface area contributed by atoms with Gasteiger partial charge in [0.1, 0.15) is 0 Å². The van der Waals surface area contributed by atoms with Gasteiger partial charge in [-0.25, -0.2) is 0 Å². The number of nitrogens with two attached hydrogens (primary N) is 1.